The van der Waals surface area contributed by atoms with Crippen LogP contribution in [-0.2, 0) is 43.6 Å². The highest BCUT2D eigenvalue weighted by atomic mass is 16.6. The van der Waals surface area contributed by atoms with Gasteiger partial charge in [-0.25, -0.2) is 19.7 Å². The van der Waals surface area contributed by atoms with Crippen LogP contribution in [0, 0.1) is 0 Å². The standard InChI is InChI=1S/C21H28N8O8/c1-12(22)19(32)27-15(21(34)35)4-13-5-28(9-25-13)3-2-16(31)36-7-14(6-30)37-11-29-10-26-17-18(29)23-8-24-20(17)33/h5,8-10,12,14-15,30H,2-4,6-7,11,22H2,1H3,(H,27,32)(H,34,35)(H,23,24,33)/t12?,14-,15?/m1/s1. The van der Waals surface area contributed by atoms with Crippen LogP contribution in [0.1, 0.15) is 19.0 Å². The number of aliphatic hydroxyl groups excluding tert-OH is 1. The van der Waals surface area contributed by atoms with Crippen LogP contribution in [0.5, 0.6) is 0 Å². The third-order valence-electron chi connectivity index (χ3n) is 5.19. The second kappa shape index (κ2) is 12.7. The number of esters is 1. The lowest BCUT2D eigenvalue weighted by Gasteiger charge is -2.16. The van der Waals surface area contributed by atoms with E-state index in [-0.39, 0.29) is 38.2 Å². The highest BCUT2D eigenvalue weighted by molar-refractivity contribution is 5.86. The number of nitrogens with zero attached hydrogens (tertiary/aromatic N) is 5. The van der Waals surface area contributed by atoms with Crippen molar-refractivity contribution < 1.29 is 34.1 Å². The molecule has 6 N–H and O–H groups in total. The van der Waals surface area contributed by atoms with Gasteiger partial charge in [-0.05, 0) is 6.92 Å². The number of H-pyrrole nitrogens is 1. The van der Waals surface area contributed by atoms with Gasteiger partial charge in [-0.2, -0.15) is 0 Å². The Morgan fingerprint density at radius 1 is 1.24 bits per heavy atom. The van der Waals surface area contributed by atoms with Crippen LogP contribution < -0.4 is 16.6 Å². The molecule has 37 heavy (non-hydrogen) atoms. The molecule has 0 aliphatic rings. The molecule has 0 saturated heterocycles. The van der Waals surface area contributed by atoms with Crippen molar-refractivity contribution in [1.29, 1.82) is 0 Å². The Bertz CT molecular complexity index is 1280. The van der Waals surface area contributed by atoms with Crippen molar-refractivity contribution in [3.63, 3.8) is 0 Å². The number of carboxylic acid groups (broad SMARTS) is 1. The van der Waals surface area contributed by atoms with Crippen molar-refractivity contribution in [3.05, 3.63) is 41.2 Å². The van der Waals surface area contributed by atoms with E-state index in [0.717, 1.165) is 0 Å². The fourth-order valence-corrected chi connectivity index (χ4v) is 3.15. The maximum atomic E-state index is 12.1. The first-order valence-corrected chi connectivity index (χ1v) is 11.2. The van der Waals surface area contributed by atoms with Crippen LogP contribution in [0.4, 0.5) is 0 Å². The second-order valence-corrected chi connectivity index (χ2v) is 8.15. The van der Waals surface area contributed by atoms with Gasteiger partial charge in [0.25, 0.3) is 5.56 Å². The summed E-state index contributed by atoms with van der Waals surface area (Å²) in [4.78, 5) is 61.5. The van der Waals surface area contributed by atoms with Gasteiger partial charge in [-0.15, -0.1) is 0 Å². The van der Waals surface area contributed by atoms with Gasteiger partial charge in [0.05, 0.1) is 43.7 Å². The average molecular weight is 521 g/mol. The van der Waals surface area contributed by atoms with Crippen LogP contribution in [0.3, 0.4) is 0 Å². The number of aryl methyl sites for hydroxylation is 1. The van der Waals surface area contributed by atoms with Gasteiger partial charge in [0, 0.05) is 19.2 Å². The number of aliphatic carboxylic acids is 1. The maximum absolute atomic E-state index is 12.1. The van der Waals surface area contributed by atoms with Crippen molar-refractivity contribution in [1.82, 2.24) is 34.4 Å². The molecule has 0 fully saturated rings. The Kier molecular flexibility index (Phi) is 9.42. The molecule has 0 radical (unpaired) electrons. The van der Waals surface area contributed by atoms with Crippen LogP contribution in [0.2, 0.25) is 0 Å². The first-order valence-electron chi connectivity index (χ1n) is 11.2. The number of carbonyl (C=O) groups excluding carboxylic acids is 2. The molecule has 0 aliphatic heterocycles. The van der Waals surface area contributed by atoms with E-state index in [9.17, 15) is 29.4 Å². The van der Waals surface area contributed by atoms with E-state index >= 15 is 0 Å². The molecule has 3 aromatic heterocycles. The molecule has 16 heteroatoms. The molecule has 0 bridgehead atoms. The van der Waals surface area contributed by atoms with Gasteiger partial charge >= 0.3 is 11.9 Å². The molecule has 3 heterocycles. The number of amides is 1. The molecule has 0 aliphatic carbocycles. The lowest BCUT2D eigenvalue weighted by Crippen LogP contribution is -2.48. The first kappa shape index (κ1) is 27.4. The average Bonchev–Trinajstić information content (AvgIpc) is 3.49. The third kappa shape index (κ3) is 7.66. The van der Waals surface area contributed by atoms with Gasteiger partial charge in [0.1, 0.15) is 25.5 Å². The third-order valence-corrected chi connectivity index (χ3v) is 5.19. The number of hydrogen-bond acceptors (Lipinski definition) is 11. The first-order chi connectivity index (χ1) is 17.7. The molecule has 3 atom stereocenters. The van der Waals surface area contributed by atoms with E-state index in [1.54, 1.807) is 10.8 Å². The van der Waals surface area contributed by atoms with Crippen molar-refractivity contribution in [3.8, 4) is 0 Å². The number of carboxylic acids is 1. The number of nitrogens with one attached hydrogen (secondary N) is 2. The van der Waals surface area contributed by atoms with Gasteiger partial charge in [0.2, 0.25) is 5.91 Å². The van der Waals surface area contributed by atoms with Gasteiger partial charge in [-0.1, -0.05) is 0 Å². The Morgan fingerprint density at radius 3 is 2.73 bits per heavy atom. The summed E-state index contributed by atoms with van der Waals surface area (Å²) < 4.78 is 13.8. The highest BCUT2D eigenvalue weighted by Crippen LogP contribution is 2.07. The molecule has 3 aromatic rings. The van der Waals surface area contributed by atoms with Crippen LogP contribution >= 0.6 is 0 Å². The molecule has 200 valence electrons. The zero-order chi connectivity index (χ0) is 26.9. The molecule has 0 spiro atoms. The predicted molar refractivity (Wildman–Crippen MR) is 125 cm³/mol. The number of hydrogen-bond donors (Lipinski definition) is 5. The van der Waals surface area contributed by atoms with Crippen molar-refractivity contribution in [2.45, 2.75) is 51.2 Å². The van der Waals surface area contributed by atoms with E-state index in [1.807, 2.05) is 0 Å². The van der Waals surface area contributed by atoms with Gasteiger partial charge < -0.3 is 40.3 Å². The number of aromatic nitrogens is 6. The van der Waals surface area contributed by atoms with Crippen molar-refractivity contribution in [2.75, 3.05) is 13.2 Å². The summed E-state index contributed by atoms with van der Waals surface area (Å²) in [6.07, 6.45) is 4.72. The normalized spacial score (nSPS) is 13.7. The number of carbonyl (C=O) groups is 3. The van der Waals surface area contributed by atoms with Gasteiger partial charge in [0.15, 0.2) is 11.2 Å². The topological polar surface area (TPSA) is 230 Å². The summed E-state index contributed by atoms with van der Waals surface area (Å²) in [5.41, 5.74) is 5.93. The molecule has 1 amide bonds. The minimum Gasteiger partial charge on any atom is -0.480 e. The second-order valence-electron chi connectivity index (χ2n) is 8.15. The fraction of sp³-hybridized carbons (Fsp3) is 0.476. The Morgan fingerprint density at radius 2 is 2.03 bits per heavy atom. The summed E-state index contributed by atoms with van der Waals surface area (Å²) in [7, 11) is 0. The summed E-state index contributed by atoms with van der Waals surface area (Å²) in [6, 6.07) is -2.05. The number of rotatable bonds is 14. The Balaban J connectivity index is 1.43. The number of imidazole rings is 2. The molecule has 0 saturated carbocycles. The largest absolute Gasteiger partial charge is 0.480 e. The summed E-state index contributed by atoms with van der Waals surface area (Å²) >= 11 is 0. The van der Waals surface area contributed by atoms with E-state index in [2.05, 4.69) is 25.3 Å². The molecule has 0 aromatic carbocycles. The number of aliphatic hydroxyl groups is 1. The van der Waals surface area contributed by atoms with E-state index in [4.69, 9.17) is 15.2 Å². The summed E-state index contributed by atoms with van der Waals surface area (Å²) in [5, 5.41) is 21.2. The SMILES string of the molecule is CC(N)C(=O)NC(Cc1cn(CCC(=O)OC[C@@H](CO)OCn2cnc3c(=O)[nH]cnc32)cn1)C(=O)O. The van der Waals surface area contributed by atoms with E-state index in [0.29, 0.717) is 11.3 Å². The number of nitrogens with two attached hydrogens (primary N) is 1. The van der Waals surface area contributed by atoms with E-state index < -0.39 is 48.2 Å². The lowest BCUT2D eigenvalue weighted by molar-refractivity contribution is -0.150. The maximum Gasteiger partial charge on any atom is 0.326 e. The number of aromatic amines is 1. The smallest absolute Gasteiger partial charge is 0.326 e. The highest BCUT2D eigenvalue weighted by Gasteiger charge is 2.23. The quantitative estimate of drug-likeness (QED) is 0.142. The molecule has 2 unspecified atom stereocenters. The van der Waals surface area contributed by atoms with Crippen LogP contribution in [0.25, 0.3) is 11.2 Å². The number of ether oxygens (including phenoxy) is 2. The number of fused-ring (bicyclic) bond motifs is 1. The molecular weight excluding hydrogens is 492 g/mol. The minimum atomic E-state index is -1.22. The van der Waals surface area contributed by atoms with Crippen molar-refractivity contribution in [2.24, 2.45) is 5.73 Å². The monoisotopic (exact) mass is 520 g/mol. The predicted octanol–water partition coefficient (Wildman–Crippen LogP) is -2.26. The Labute approximate surface area is 209 Å². The molecule has 16 nitrogen and oxygen atoms in total. The van der Waals surface area contributed by atoms with Gasteiger partial charge in [-0.3, -0.25) is 19.0 Å². The fourth-order valence-electron chi connectivity index (χ4n) is 3.15. The van der Waals surface area contributed by atoms with Crippen molar-refractivity contribution >= 4 is 29.0 Å². The molecule has 3 rings (SSSR count). The zero-order valence-corrected chi connectivity index (χ0v) is 19.9. The minimum absolute atomic E-state index is 0.0173. The van der Waals surface area contributed by atoms with Crippen LogP contribution in [-0.4, -0.2) is 88.5 Å². The van der Waals surface area contributed by atoms with E-state index in [1.165, 1.54) is 30.5 Å². The lowest BCUT2D eigenvalue weighted by atomic mass is 10.1. The molecular formula is C21H28N8O8. The Hall–Kier alpha value is -4.15. The zero-order valence-electron chi connectivity index (χ0n) is 19.9. The van der Waals surface area contributed by atoms with Crippen LogP contribution in [0.15, 0.2) is 30.0 Å². The summed E-state index contributed by atoms with van der Waals surface area (Å²) in [6.45, 7) is 0.962. The summed E-state index contributed by atoms with van der Waals surface area (Å²) in [5.74, 6) is -2.37.